The summed E-state index contributed by atoms with van der Waals surface area (Å²) in [6.07, 6.45) is 2.02. The molecule has 1 aliphatic rings. The molecule has 0 aliphatic carbocycles. The van der Waals surface area contributed by atoms with E-state index in [1.54, 1.807) is 30.5 Å². The molecule has 1 aromatic carbocycles. The Morgan fingerprint density at radius 3 is 2.93 bits per heavy atom. The smallest absolute Gasteiger partial charge is 0.336 e. The van der Waals surface area contributed by atoms with E-state index in [2.05, 4.69) is 5.16 Å². The van der Waals surface area contributed by atoms with E-state index in [1.807, 2.05) is 0 Å². The van der Waals surface area contributed by atoms with E-state index in [-0.39, 0.29) is 11.7 Å². The minimum absolute atomic E-state index is 0.248. The first-order valence-corrected chi connectivity index (χ1v) is 4.29. The highest BCUT2D eigenvalue weighted by Crippen LogP contribution is 2.27. The van der Waals surface area contributed by atoms with Crippen molar-refractivity contribution in [1.29, 1.82) is 0 Å². The van der Waals surface area contributed by atoms with Crippen molar-refractivity contribution in [2.24, 2.45) is 5.16 Å². The van der Waals surface area contributed by atoms with Crippen LogP contribution in [-0.4, -0.2) is 17.3 Å². The SMILES string of the molecule is O=C(O)c1ccccc1C1CC=NO1. The molecule has 1 N–H and O–H groups in total. The molecule has 1 aliphatic heterocycles. The van der Waals surface area contributed by atoms with E-state index < -0.39 is 5.97 Å². The Balaban J connectivity index is 2.36. The van der Waals surface area contributed by atoms with Gasteiger partial charge in [-0.05, 0) is 6.07 Å². The maximum Gasteiger partial charge on any atom is 0.336 e. The van der Waals surface area contributed by atoms with Crippen molar-refractivity contribution in [3.05, 3.63) is 35.4 Å². The number of aromatic carboxylic acids is 1. The van der Waals surface area contributed by atoms with Gasteiger partial charge in [0.15, 0.2) is 6.10 Å². The molecule has 0 saturated carbocycles. The van der Waals surface area contributed by atoms with Gasteiger partial charge in [-0.15, -0.1) is 0 Å². The predicted molar refractivity (Wildman–Crippen MR) is 50.3 cm³/mol. The lowest BCUT2D eigenvalue weighted by molar-refractivity contribution is 0.0664. The van der Waals surface area contributed by atoms with Crippen LogP contribution < -0.4 is 0 Å². The van der Waals surface area contributed by atoms with Crippen molar-refractivity contribution < 1.29 is 14.7 Å². The number of carbonyl (C=O) groups is 1. The standard InChI is InChI=1S/C10H9NO3/c12-10(13)8-4-2-1-3-7(8)9-5-6-11-14-9/h1-4,6,9H,5H2,(H,12,13). The Kier molecular flexibility index (Phi) is 2.18. The van der Waals surface area contributed by atoms with Crippen molar-refractivity contribution >= 4 is 12.2 Å². The van der Waals surface area contributed by atoms with Gasteiger partial charge in [0.25, 0.3) is 0 Å². The second-order valence-electron chi connectivity index (χ2n) is 3.01. The molecule has 4 heteroatoms. The number of rotatable bonds is 2. The van der Waals surface area contributed by atoms with Crippen molar-refractivity contribution in [2.45, 2.75) is 12.5 Å². The van der Waals surface area contributed by atoms with E-state index >= 15 is 0 Å². The van der Waals surface area contributed by atoms with Crippen molar-refractivity contribution in [2.75, 3.05) is 0 Å². The lowest BCUT2D eigenvalue weighted by atomic mass is 10.0. The largest absolute Gasteiger partial charge is 0.478 e. The molecule has 0 spiro atoms. The van der Waals surface area contributed by atoms with Crippen LogP contribution in [0.4, 0.5) is 0 Å². The van der Waals surface area contributed by atoms with Gasteiger partial charge in [-0.2, -0.15) is 0 Å². The highest BCUT2D eigenvalue weighted by Gasteiger charge is 2.21. The van der Waals surface area contributed by atoms with Crippen LogP contribution in [-0.2, 0) is 4.84 Å². The van der Waals surface area contributed by atoms with Gasteiger partial charge < -0.3 is 9.94 Å². The van der Waals surface area contributed by atoms with Crippen LogP contribution in [0.3, 0.4) is 0 Å². The first-order valence-electron chi connectivity index (χ1n) is 4.29. The molecule has 0 amide bonds. The van der Waals surface area contributed by atoms with Crippen LogP contribution in [0, 0.1) is 0 Å². The Bertz CT molecular complexity index is 379. The molecule has 0 saturated heterocycles. The number of carboxylic acid groups (broad SMARTS) is 1. The fourth-order valence-corrected chi connectivity index (χ4v) is 1.45. The Labute approximate surface area is 80.8 Å². The highest BCUT2D eigenvalue weighted by molar-refractivity contribution is 5.89. The molecule has 2 rings (SSSR count). The van der Waals surface area contributed by atoms with Gasteiger partial charge in [-0.1, -0.05) is 23.4 Å². The van der Waals surface area contributed by atoms with Crippen LogP contribution in [0.15, 0.2) is 29.4 Å². The maximum absolute atomic E-state index is 10.9. The van der Waals surface area contributed by atoms with Gasteiger partial charge in [0.2, 0.25) is 0 Å². The van der Waals surface area contributed by atoms with Crippen LogP contribution in [0.2, 0.25) is 0 Å². The molecule has 0 aromatic heterocycles. The quantitative estimate of drug-likeness (QED) is 0.775. The number of hydrogen-bond acceptors (Lipinski definition) is 3. The van der Waals surface area contributed by atoms with E-state index in [0.29, 0.717) is 12.0 Å². The summed E-state index contributed by atoms with van der Waals surface area (Å²) in [5.74, 6) is -0.934. The summed E-state index contributed by atoms with van der Waals surface area (Å²) in [6, 6.07) is 6.81. The first kappa shape index (κ1) is 8.74. The average molecular weight is 191 g/mol. The molecule has 72 valence electrons. The van der Waals surface area contributed by atoms with Crippen LogP contribution >= 0.6 is 0 Å². The second-order valence-corrected chi connectivity index (χ2v) is 3.01. The predicted octanol–water partition coefficient (Wildman–Crippen LogP) is 1.83. The number of benzene rings is 1. The number of oxime groups is 1. The normalized spacial score (nSPS) is 19.3. The van der Waals surface area contributed by atoms with Crippen molar-refractivity contribution in [3.8, 4) is 0 Å². The van der Waals surface area contributed by atoms with Crippen LogP contribution in [0.25, 0.3) is 0 Å². The second kappa shape index (κ2) is 3.49. The Morgan fingerprint density at radius 2 is 2.29 bits per heavy atom. The van der Waals surface area contributed by atoms with Gasteiger partial charge in [-0.3, -0.25) is 0 Å². The summed E-state index contributed by atoms with van der Waals surface area (Å²) in [4.78, 5) is 15.9. The summed E-state index contributed by atoms with van der Waals surface area (Å²) >= 11 is 0. The van der Waals surface area contributed by atoms with E-state index in [9.17, 15) is 4.79 Å². The third-order valence-electron chi connectivity index (χ3n) is 2.12. The lowest BCUT2D eigenvalue weighted by Gasteiger charge is -2.10. The summed E-state index contributed by atoms with van der Waals surface area (Å²) in [5, 5.41) is 12.6. The van der Waals surface area contributed by atoms with Crippen LogP contribution in [0.5, 0.6) is 0 Å². The van der Waals surface area contributed by atoms with Gasteiger partial charge in [0, 0.05) is 18.2 Å². The highest BCUT2D eigenvalue weighted by atomic mass is 16.6. The van der Waals surface area contributed by atoms with E-state index in [4.69, 9.17) is 9.94 Å². The summed E-state index contributed by atoms with van der Waals surface area (Å²) in [7, 11) is 0. The fraction of sp³-hybridized carbons (Fsp3) is 0.200. The molecule has 4 nitrogen and oxygen atoms in total. The molecule has 0 bridgehead atoms. The Morgan fingerprint density at radius 1 is 1.50 bits per heavy atom. The monoisotopic (exact) mass is 191 g/mol. The molecule has 1 aromatic rings. The molecule has 0 fully saturated rings. The first-order chi connectivity index (χ1) is 6.79. The third-order valence-corrected chi connectivity index (χ3v) is 2.12. The molecular formula is C10H9NO3. The minimum atomic E-state index is -0.934. The van der Waals surface area contributed by atoms with E-state index in [1.165, 1.54) is 0 Å². The molecule has 1 atom stereocenters. The lowest BCUT2D eigenvalue weighted by Crippen LogP contribution is -2.06. The summed E-state index contributed by atoms with van der Waals surface area (Å²) in [5.41, 5.74) is 0.959. The van der Waals surface area contributed by atoms with Crippen LogP contribution in [0.1, 0.15) is 28.4 Å². The third kappa shape index (κ3) is 1.46. The van der Waals surface area contributed by atoms with Gasteiger partial charge in [0.05, 0.1) is 5.56 Å². The Hall–Kier alpha value is -1.84. The zero-order valence-electron chi connectivity index (χ0n) is 7.38. The van der Waals surface area contributed by atoms with Gasteiger partial charge >= 0.3 is 5.97 Å². The molecule has 14 heavy (non-hydrogen) atoms. The zero-order valence-corrected chi connectivity index (χ0v) is 7.38. The van der Waals surface area contributed by atoms with Gasteiger partial charge in [-0.25, -0.2) is 4.79 Å². The topological polar surface area (TPSA) is 58.9 Å². The van der Waals surface area contributed by atoms with E-state index in [0.717, 1.165) is 0 Å². The summed E-state index contributed by atoms with van der Waals surface area (Å²) in [6.45, 7) is 0. The number of nitrogens with zero attached hydrogens (tertiary/aromatic N) is 1. The zero-order chi connectivity index (χ0) is 9.97. The maximum atomic E-state index is 10.9. The minimum Gasteiger partial charge on any atom is -0.478 e. The average Bonchev–Trinajstić information content (AvgIpc) is 2.70. The summed E-state index contributed by atoms with van der Waals surface area (Å²) < 4.78 is 0. The van der Waals surface area contributed by atoms with Crippen molar-refractivity contribution in [3.63, 3.8) is 0 Å². The number of hydrogen-bond donors (Lipinski definition) is 1. The molecule has 1 heterocycles. The number of carboxylic acids is 1. The molecular weight excluding hydrogens is 182 g/mol. The van der Waals surface area contributed by atoms with Gasteiger partial charge in [0.1, 0.15) is 0 Å². The molecule has 0 radical (unpaired) electrons. The van der Waals surface area contributed by atoms with Crippen molar-refractivity contribution in [1.82, 2.24) is 0 Å². The fourth-order valence-electron chi connectivity index (χ4n) is 1.45. The molecule has 1 unspecified atom stereocenters.